The SMILES string of the molecule is O=C1NC(=O)c2c1ccc(Nc1ccc(OCc3ccccc3)cc1)c2Cc1ccccc1. The van der Waals surface area contributed by atoms with Gasteiger partial charge >= 0.3 is 0 Å². The minimum Gasteiger partial charge on any atom is -0.489 e. The Morgan fingerprint density at radius 2 is 1.36 bits per heavy atom. The number of imide groups is 1. The molecule has 5 heteroatoms. The topological polar surface area (TPSA) is 67.4 Å². The van der Waals surface area contributed by atoms with Gasteiger partial charge in [0.25, 0.3) is 11.8 Å². The Balaban J connectivity index is 1.39. The van der Waals surface area contributed by atoms with Gasteiger partial charge in [-0.25, -0.2) is 0 Å². The molecule has 0 unspecified atom stereocenters. The summed E-state index contributed by atoms with van der Waals surface area (Å²) in [5, 5.41) is 5.82. The Hall–Kier alpha value is -4.38. The van der Waals surface area contributed by atoms with E-state index in [0.29, 0.717) is 24.2 Å². The second kappa shape index (κ2) is 9.01. The molecular weight excluding hydrogens is 412 g/mol. The van der Waals surface area contributed by atoms with Crippen molar-refractivity contribution in [3.8, 4) is 5.75 Å². The summed E-state index contributed by atoms with van der Waals surface area (Å²) >= 11 is 0. The summed E-state index contributed by atoms with van der Waals surface area (Å²) < 4.78 is 5.87. The molecule has 4 aromatic carbocycles. The molecule has 0 saturated carbocycles. The lowest BCUT2D eigenvalue weighted by atomic mass is 9.94. The van der Waals surface area contributed by atoms with E-state index in [9.17, 15) is 9.59 Å². The average molecular weight is 434 g/mol. The molecule has 0 aliphatic carbocycles. The van der Waals surface area contributed by atoms with E-state index in [4.69, 9.17) is 4.74 Å². The standard InChI is InChI=1S/C28H22N2O3/c31-27-23-15-16-25(24(26(23)28(32)30-27)17-19-7-3-1-4-8-19)29-21-11-13-22(14-12-21)33-18-20-9-5-2-6-10-20/h1-16,29H,17-18H2,(H,30,31,32). The summed E-state index contributed by atoms with van der Waals surface area (Å²) in [4.78, 5) is 24.7. The molecular formula is C28H22N2O3. The number of anilines is 2. The van der Waals surface area contributed by atoms with Gasteiger partial charge in [0.15, 0.2) is 0 Å². The summed E-state index contributed by atoms with van der Waals surface area (Å²) in [6.07, 6.45) is 0.533. The fraction of sp³-hybridized carbons (Fsp3) is 0.0714. The zero-order valence-electron chi connectivity index (χ0n) is 17.9. The van der Waals surface area contributed by atoms with Crippen LogP contribution in [0.3, 0.4) is 0 Å². The van der Waals surface area contributed by atoms with E-state index >= 15 is 0 Å². The van der Waals surface area contributed by atoms with Crippen LogP contribution < -0.4 is 15.4 Å². The number of fused-ring (bicyclic) bond motifs is 1. The molecule has 33 heavy (non-hydrogen) atoms. The lowest BCUT2D eigenvalue weighted by Gasteiger charge is -2.16. The van der Waals surface area contributed by atoms with Crippen molar-refractivity contribution in [1.82, 2.24) is 5.32 Å². The predicted octanol–water partition coefficient (Wildman–Crippen LogP) is 5.48. The van der Waals surface area contributed by atoms with E-state index in [1.165, 1.54) is 0 Å². The Morgan fingerprint density at radius 3 is 2.06 bits per heavy atom. The third kappa shape index (κ3) is 4.48. The van der Waals surface area contributed by atoms with Crippen molar-refractivity contribution >= 4 is 23.2 Å². The molecule has 0 spiro atoms. The number of carbonyl (C=O) groups is 2. The zero-order chi connectivity index (χ0) is 22.6. The highest BCUT2D eigenvalue weighted by Gasteiger charge is 2.30. The number of rotatable bonds is 7. The van der Waals surface area contributed by atoms with Gasteiger partial charge in [-0.1, -0.05) is 60.7 Å². The van der Waals surface area contributed by atoms with E-state index in [1.54, 1.807) is 6.07 Å². The number of amides is 2. The van der Waals surface area contributed by atoms with E-state index in [-0.39, 0.29) is 11.8 Å². The van der Waals surface area contributed by atoms with Gasteiger partial charge in [-0.05, 0) is 53.1 Å². The van der Waals surface area contributed by atoms with E-state index in [1.807, 2.05) is 91.0 Å². The van der Waals surface area contributed by atoms with E-state index in [0.717, 1.165) is 33.8 Å². The van der Waals surface area contributed by atoms with Crippen LogP contribution in [0.4, 0.5) is 11.4 Å². The highest BCUT2D eigenvalue weighted by atomic mass is 16.5. The van der Waals surface area contributed by atoms with Crippen LogP contribution in [0.1, 0.15) is 37.4 Å². The Kier molecular flexibility index (Phi) is 5.60. The molecule has 0 atom stereocenters. The van der Waals surface area contributed by atoms with Crippen molar-refractivity contribution in [2.45, 2.75) is 13.0 Å². The molecule has 1 aliphatic heterocycles. The summed E-state index contributed by atoms with van der Waals surface area (Å²) in [5.41, 5.74) is 5.48. The van der Waals surface area contributed by atoms with Crippen LogP contribution in [-0.4, -0.2) is 11.8 Å². The minimum atomic E-state index is -0.353. The number of hydrogen-bond acceptors (Lipinski definition) is 4. The third-order valence-corrected chi connectivity index (χ3v) is 5.62. The molecule has 2 N–H and O–H groups in total. The van der Waals surface area contributed by atoms with Crippen molar-refractivity contribution in [2.24, 2.45) is 0 Å². The molecule has 5 rings (SSSR count). The maximum Gasteiger partial charge on any atom is 0.259 e. The Bertz CT molecular complexity index is 1300. The van der Waals surface area contributed by atoms with Crippen LogP contribution in [0, 0.1) is 0 Å². The fourth-order valence-electron chi connectivity index (χ4n) is 3.96. The molecule has 5 nitrogen and oxygen atoms in total. The summed E-state index contributed by atoms with van der Waals surface area (Å²) in [6.45, 7) is 0.503. The van der Waals surface area contributed by atoms with Crippen molar-refractivity contribution in [2.75, 3.05) is 5.32 Å². The third-order valence-electron chi connectivity index (χ3n) is 5.62. The summed E-state index contributed by atoms with van der Waals surface area (Å²) in [6, 6.07) is 31.2. The quantitative estimate of drug-likeness (QED) is 0.378. The van der Waals surface area contributed by atoms with Crippen LogP contribution in [0.15, 0.2) is 97.1 Å². The second-order valence-corrected chi connectivity index (χ2v) is 7.88. The van der Waals surface area contributed by atoms with Crippen LogP contribution in [0.25, 0.3) is 0 Å². The van der Waals surface area contributed by atoms with Crippen molar-refractivity contribution in [3.05, 3.63) is 125 Å². The van der Waals surface area contributed by atoms with Crippen LogP contribution in [0.2, 0.25) is 0 Å². The Morgan fingerprint density at radius 1 is 0.697 bits per heavy atom. The minimum absolute atomic E-state index is 0.351. The van der Waals surface area contributed by atoms with Gasteiger partial charge in [0.2, 0.25) is 0 Å². The smallest absolute Gasteiger partial charge is 0.259 e. The predicted molar refractivity (Wildman–Crippen MR) is 128 cm³/mol. The van der Waals surface area contributed by atoms with Gasteiger partial charge in [-0.3, -0.25) is 14.9 Å². The van der Waals surface area contributed by atoms with Crippen LogP contribution in [0.5, 0.6) is 5.75 Å². The summed E-state index contributed by atoms with van der Waals surface area (Å²) in [5.74, 6) is 0.0675. The largest absolute Gasteiger partial charge is 0.489 e. The molecule has 1 aliphatic rings. The van der Waals surface area contributed by atoms with Gasteiger partial charge in [0.05, 0.1) is 11.1 Å². The van der Waals surface area contributed by atoms with Gasteiger partial charge in [-0.2, -0.15) is 0 Å². The molecule has 1 heterocycles. The van der Waals surface area contributed by atoms with Gasteiger partial charge in [0.1, 0.15) is 12.4 Å². The summed E-state index contributed by atoms with van der Waals surface area (Å²) in [7, 11) is 0. The second-order valence-electron chi connectivity index (χ2n) is 7.88. The average Bonchev–Trinajstić information content (AvgIpc) is 3.14. The first-order valence-corrected chi connectivity index (χ1v) is 10.8. The van der Waals surface area contributed by atoms with Gasteiger partial charge in [-0.15, -0.1) is 0 Å². The lowest BCUT2D eigenvalue weighted by Crippen LogP contribution is -2.20. The molecule has 162 valence electrons. The first-order valence-electron chi connectivity index (χ1n) is 10.8. The highest BCUT2D eigenvalue weighted by molar-refractivity contribution is 6.22. The van der Waals surface area contributed by atoms with Gasteiger partial charge in [0, 0.05) is 17.8 Å². The maximum absolute atomic E-state index is 12.5. The molecule has 0 radical (unpaired) electrons. The maximum atomic E-state index is 12.5. The first-order chi connectivity index (χ1) is 16.2. The monoisotopic (exact) mass is 434 g/mol. The Labute approximate surface area is 192 Å². The number of ether oxygens (including phenoxy) is 1. The number of hydrogen-bond donors (Lipinski definition) is 2. The molecule has 0 bridgehead atoms. The van der Waals surface area contributed by atoms with Crippen molar-refractivity contribution < 1.29 is 14.3 Å². The van der Waals surface area contributed by atoms with Crippen LogP contribution >= 0.6 is 0 Å². The normalized spacial score (nSPS) is 12.2. The lowest BCUT2D eigenvalue weighted by molar-refractivity contribution is 0.0879. The number of carbonyl (C=O) groups excluding carboxylic acids is 2. The zero-order valence-corrected chi connectivity index (χ0v) is 17.9. The van der Waals surface area contributed by atoms with E-state index < -0.39 is 0 Å². The fourth-order valence-corrected chi connectivity index (χ4v) is 3.96. The van der Waals surface area contributed by atoms with E-state index in [2.05, 4.69) is 10.6 Å². The first kappa shape index (κ1) is 20.5. The van der Waals surface area contributed by atoms with Crippen molar-refractivity contribution in [1.29, 1.82) is 0 Å². The van der Waals surface area contributed by atoms with Crippen molar-refractivity contribution in [3.63, 3.8) is 0 Å². The molecule has 0 fully saturated rings. The number of benzene rings is 4. The molecule has 2 amide bonds. The number of nitrogens with one attached hydrogen (secondary N) is 2. The molecule has 0 saturated heterocycles. The molecule has 4 aromatic rings. The van der Waals surface area contributed by atoms with Crippen LogP contribution in [-0.2, 0) is 13.0 Å². The van der Waals surface area contributed by atoms with Gasteiger partial charge < -0.3 is 10.1 Å². The highest BCUT2D eigenvalue weighted by Crippen LogP contribution is 2.32. The molecule has 0 aromatic heterocycles.